The maximum absolute atomic E-state index is 12.5. The van der Waals surface area contributed by atoms with Gasteiger partial charge in [0.05, 0.1) is 17.1 Å². The molecule has 1 N–H and O–H groups in total. The number of aromatic nitrogens is 3. The molecule has 1 atom stereocenters. The fourth-order valence-electron chi connectivity index (χ4n) is 2.92. The predicted molar refractivity (Wildman–Crippen MR) is 105 cm³/mol. The molecule has 2 aromatic heterocycles. The SMILES string of the molecule is C[C@H](c1ccccc1)n1c(NC(=O)c2nc(Cl)cs2)nc2ccccc21. The monoisotopic (exact) mass is 382 g/mol. The zero-order chi connectivity index (χ0) is 18.1. The van der Waals surface area contributed by atoms with Gasteiger partial charge in [0.1, 0.15) is 5.15 Å². The lowest BCUT2D eigenvalue weighted by Gasteiger charge is -2.18. The number of nitrogens with one attached hydrogen (secondary N) is 1. The van der Waals surface area contributed by atoms with Crippen LogP contribution in [-0.2, 0) is 0 Å². The van der Waals surface area contributed by atoms with Crippen LogP contribution in [0, 0.1) is 0 Å². The molecule has 0 fully saturated rings. The lowest BCUT2D eigenvalue weighted by atomic mass is 10.1. The van der Waals surface area contributed by atoms with E-state index in [1.165, 1.54) is 11.3 Å². The number of fused-ring (bicyclic) bond motifs is 1. The van der Waals surface area contributed by atoms with E-state index in [1.807, 2.05) is 47.0 Å². The number of anilines is 1. The highest BCUT2D eigenvalue weighted by molar-refractivity contribution is 7.12. The van der Waals surface area contributed by atoms with Gasteiger partial charge in [0, 0.05) is 5.38 Å². The van der Waals surface area contributed by atoms with Crippen molar-refractivity contribution in [2.45, 2.75) is 13.0 Å². The fourth-order valence-corrected chi connectivity index (χ4v) is 3.76. The van der Waals surface area contributed by atoms with Crippen LogP contribution in [0.5, 0.6) is 0 Å². The van der Waals surface area contributed by atoms with E-state index in [1.54, 1.807) is 5.38 Å². The molecule has 130 valence electrons. The Balaban J connectivity index is 1.78. The van der Waals surface area contributed by atoms with E-state index in [2.05, 4.69) is 34.3 Å². The molecule has 0 aliphatic rings. The molecule has 26 heavy (non-hydrogen) atoms. The number of thiazole rings is 1. The van der Waals surface area contributed by atoms with Gasteiger partial charge in [-0.2, -0.15) is 0 Å². The summed E-state index contributed by atoms with van der Waals surface area (Å²) in [5.74, 6) is 0.164. The third-order valence-electron chi connectivity index (χ3n) is 4.16. The maximum atomic E-state index is 12.5. The number of carbonyl (C=O) groups excluding carboxylic acids is 1. The van der Waals surface area contributed by atoms with Crippen LogP contribution in [0.2, 0.25) is 5.15 Å². The average molecular weight is 383 g/mol. The Morgan fingerprint density at radius 1 is 1.12 bits per heavy atom. The topological polar surface area (TPSA) is 59.8 Å². The van der Waals surface area contributed by atoms with Gasteiger partial charge >= 0.3 is 0 Å². The summed E-state index contributed by atoms with van der Waals surface area (Å²) in [6, 6.07) is 17.9. The molecule has 2 heterocycles. The molecule has 1 amide bonds. The first-order chi connectivity index (χ1) is 12.6. The second-order valence-electron chi connectivity index (χ2n) is 5.81. The third-order valence-corrected chi connectivity index (χ3v) is 5.32. The molecule has 2 aromatic carbocycles. The van der Waals surface area contributed by atoms with Crippen LogP contribution in [0.3, 0.4) is 0 Å². The van der Waals surface area contributed by atoms with E-state index < -0.39 is 0 Å². The van der Waals surface area contributed by atoms with Crippen LogP contribution in [0.15, 0.2) is 60.0 Å². The Bertz CT molecular complexity index is 1070. The average Bonchev–Trinajstić information content (AvgIpc) is 3.25. The minimum Gasteiger partial charge on any atom is -0.303 e. The first kappa shape index (κ1) is 16.8. The predicted octanol–water partition coefficient (Wildman–Crippen LogP) is 5.01. The molecule has 7 heteroatoms. The fraction of sp³-hybridized carbons (Fsp3) is 0.105. The first-order valence-electron chi connectivity index (χ1n) is 8.08. The van der Waals surface area contributed by atoms with Gasteiger partial charge in [-0.25, -0.2) is 9.97 Å². The van der Waals surface area contributed by atoms with Crippen LogP contribution in [-0.4, -0.2) is 20.4 Å². The normalized spacial score (nSPS) is 12.2. The van der Waals surface area contributed by atoms with Crippen LogP contribution in [0.4, 0.5) is 5.95 Å². The largest absolute Gasteiger partial charge is 0.303 e. The summed E-state index contributed by atoms with van der Waals surface area (Å²) in [7, 11) is 0. The smallest absolute Gasteiger partial charge is 0.287 e. The third kappa shape index (κ3) is 3.09. The standard InChI is InChI=1S/C19H15ClN4OS/c1-12(13-7-3-2-4-8-13)24-15-10-6-5-9-14(15)21-19(24)23-17(25)18-22-16(20)11-26-18/h2-12H,1H3,(H,21,23,25)/t12-/m1/s1. The van der Waals surface area contributed by atoms with Crippen molar-refractivity contribution in [1.82, 2.24) is 14.5 Å². The second kappa shape index (κ2) is 6.90. The van der Waals surface area contributed by atoms with E-state index in [-0.39, 0.29) is 11.9 Å². The summed E-state index contributed by atoms with van der Waals surface area (Å²) in [6.45, 7) is 2.08. The highest BCUT2D eigenvalue weighted by atomic mass is 35.5. The van der Waals surface area contributed by atoms with Crippen molar-refractivity contribution in [3.05, 3.63) is 75.7 Å². The summed E-state index contributed by atoms with van der Waals surface area (Å²) >= 11 is 7.03. The van der Waals surface area contributed by atoms with E-state index in [9.17, 15) is 4.79 Å². The molecule has 0 spiro atoms. The number of imidazole rings is 1. The molecule has 4 rings (SSSR count). The number of halogens is 1. The minimum absolute atomic E-state index is 0.00113. The van der Waals surface area contributed by atoms with Crippen molar-refractivity contribution in [2.24, 2.45) is 0 Å². The Kier molecular flexibility index (Phi) is 4.44. The number of hydrogen-bond acceptors (Lipinski definition) is 4. The van der Waals surface area contributed by atoms with Gasteiger partial charge in [-0.1, -0.05) is 54.1 Å². The van der Waals surface area contributed by atoms with Gasteiger partial charge in [-0.3, -0.25) is 10.1 Å². The van der Waals surface area contributed by atoms with Crippen LogP contribution in [0.25, 0.3) is 11.0 Å². The minimum atomic E-state index is -0.321. The molecule has 0 saturated carbocycles. The number of nitrogens with zero attached hydrogens (tertiary/aromatic N) is 3. The van der Waals surface area contributed by atoms with Gasteiger partial charge in [0.2, 0.25) is 5.95 Å². The molecular formula is C19H15ClN4OS. The van der Waals surface area contributed by atoms with Crippen LogP contribution >= 0.6 is 22.9 Å². The van der Waals surface area contributed by atoms with E-state index in [4.69, 9.17) is 11.6 Å². The lowest BCUT2D eigenvalue weighted by Crippen LogP contribution is -2.18. The summed E-state index contributed by atoms with van der Waals surface area (Å²) in [6.07, 6.45) is 0. The number of para-hydroxylation sites is 2. The van der Waals surface area contributed by atoms with E-state index >= 15 is 0 Å². The Labute approximate surface area is 159 Å². The van der Waals surface area contributed by atoms with Crippen molar-refractivity contribution in [1.29, 1.82) is 0 Å². The quantitative estimate of drug-likeness (QED) is 0.539. The first-order valence-corrected chi connectivity index (χ1v) is 9.33. The Hall–Kier alpha value is -2.70. The van der Waals surface area contributed by atoms with Gasteiger partial charge in [-0.05, 0) is 24.6 Å². The van der Waals surface area contributed by atoms with Crippen molar-refractivity contribution in [3.63, 3.8) is 0 Å². The van der Waals surface area contributed by atoms with Crippen LogP contribution in [0.1, 0.15) is 28.3 Å². The molecule has 5 nitrogen and oxygen atoms in total. The lowest BCUT2D eigenvalue weighted by molar-refractivity contribution is 0.102. The summed E-state index contributed by atoms with van der Waals surface area (Å²) in [5.41, 5.74) is 2.91. The molecule has 0 radical (unpaired) electrons. The number of carbonyl (C=O) groups is 1. The van der Waals surface area contributed by atoms with Crippen molar-refractivity contribution < 1.29 is 4.79 Å². The number of rotatable bonds is 4. The van der Waals surface area contributed by atoms with E-state index in [0.29, 0.717) is 16.1 Å². The molecule has 0 aliphatic carbocycles. The Morgan fingerprint density at radius 2 is 1.85 bits per heavy atom. The summed E-state index contributed by atoms with van der Waals surface area (Å²) in [4.78, 5) is 21.2. The highest BCUT2D eigenvalue weighted by Gasteiger charge is 2.20. The molecule has 0 bridgehead atoms. The van der Waals surface area contributed by atoms with E-state index in [0.717, 1.165) is 16.6 Å². The molecular weight excluding hydrogens is 368 g/mol. The summed E-state index contributed by atoms with van der Waals surface area (Å²) < 4.78 is 2.03. The molecule has 0 aliphatic heterocycles. The zero-order valence-electron chi connectivity index (χ0n) is 13.9. The number of benzene rings is 2. The van der Waals surface area contributed by atoms with Gasteiger partial charge < -0.3 is 4.57 Å². The highest BCUT2D eigenvalue weighted by Crippen LogP contribution is 2.29. The van der Waals surface area contributed by atoms with Gasteiger partial charge in [-0.15, -0.1) is 11.3 Å². The zero-order valence-corrected chi connectivity index (χ0v) is 15.5. The van der Waals surface area contributed by atoms with Gasteiger partial charge in [0.25, 0.3) is 5.91 Å². The van der Waals surface area contributed by atoms with Crippen molar-refractivity contribution >= 4 is 45.8 Å². The van der Waals surface area contributed by atoms with Crippen molar-refractivity contribution in [3.8, 4) is 0 Å². The Morgan fingerprint density at radius 3 is 2.58 bits per heavy atom. The molecule has 0 unspecified atom stereocenters. The van der Waals surface area contributed by atoms with Crippen molar-refractivity contribution in [2.75, 3.05) is 5.32 Å². The number of hydrogen-bond donors (Lipinski definition) is 1. The molecule has 0 saturated heterocycles. The van der Waals surface area contributed by atoms with Gasteiger partial charge in [0.15, 0.2) is 5.01 Å². The second-order valence-corrected chi connectivity index (χ2v) is 7.06. The maximum Gasteiger partial charge on any atom is 0.287 e. The molecule has 4 aromatic rings. The summed E-state index contributed by atoms with van der Waals surface area (Å²) in [5, 5.41) is 5.13. The van der Waals surface area contributed by atoms with Crippen LogP contribution < -0.4 is 5.32 Å². The number of amides is 1.